The highest BCUT2D eigenvalue weighted by Gasteiger charge is 2.17. The summed E-state index contributed by atoms with van der Waals surface area (Å²) in [6.07, 6.45) is 1.79. The molecule has 3 aromatic rings. The average Bonchev–Trinajstić information content (AvgIpc) is 3.16. The molecule has 0 radical (unpaired) electrons. The van der Waals surface area contributed by atoms with Crippen molar-refractivity contribution < 1.29 is 4.52 Å². The zero-order valence-corrected chi connectivity index (χ0v) is 10.8. The second-order valence-corrected chi connectivity index (χ2v) is 4.81. The first kappa shape index (κ1) is 11.4. The number of H-pyrrole nitrogens is 1. The van der Waals surface area contributed by atoms with E-state index in [1.165, 1.54) is 0 Å². The SMILES string of the molecule is c1cc2cn[nH]c2cc1-c1noc(N2CCNCC2)n1. The van der Waals surface area contributed by atoms with E-state index >= 15 is 0 Å². The average molecular weight is 270 g/mol. The van der Waals surface area contributed by atoms with E-state index in [0.29, 0.717) is 11.8 Å². The molecule has 2 N–H and O–H groups in total. The van der Waals surface area contributed by atoms with E-state index < -0.39 is 0 Å². The van der Waals surface area contributed by atoms with Crippen LogP contribution in [0, 0.1) is 0 Å². The zero-order chi connectivity index (χ0) is 13.4. The summed E-state index contributed by atoms with van der Waals surface area (Å²) in [6.45, 7) is 3.66. The molecule has 1 aromatic carbocycles. The molecule has 1 saturated heterocycles. The number of nitrogens with zero attached hydrogens (tertiary/aromatic N) is 4. The van der Waals surface area contributed by atoms with Gasteiger partial charge in [-0.3, -0.25) is 5.10 Å². The minimum absolute atomic E-state index is 0.589. The van der Waals surface area contributed by atoms with Gasteiger partial charge in [0.1, 0.15) is 0 Å². The third-order valence-corrected chi connectivity index (χ3v) is 3.50. The lowest BCUT2D eigenvalue weighted by Crippen LogP contribution is -2.43. The Morgan fingerprint density at radius 1 is 1.20 bits per heavy atom. The molecule has 0 atom stereocenters. The molecule has 0 amide bonds. The number of rotatable bonds is 2. The van der Waals surface area contributed by atoms with Gasteiger partial charge >= 0.3 is 6.01 Å². The van der Waals surface area contributed by atoms with Crippen LogP contribution in [0.25, 0.3) is 22.3 Å². The maximum Gasteiger partial charge on any atom is 0.324 e. The summed E-state index contributed by atoms with van der Waals surface area (Å²) in [5, 5.41) is 15.4. The lowest BCUT2D eigenvalue weighted by Gasteiger charge is -2.24. The third-order valence-electron chi connectivity index (χ3n) is 3.50. The Bertz CT molecular complexity index is 727. The Labute approximate surface area is 115 Å². The van der Waals surface area contributed by atoms with Crippen molar-refractivity contribution in [1.82, 2.24) is 25.7 Å². The number of hydrogen-bond donors (Lipinski definition) is 2. The second kappa shape index (κ2) is 4.61. The maximum absolute atomic E-state index is 5.36. The summed E-state index contributed by atoms with van der Waals surface area (Å²) in [5.74, 6) is 0.607. The van der Waals surface area contributed by atoms with Crippen LogP contribution >= 0.6 is 0 Å². The van der Waals surface area contributed by atoms with E-state index in [-0.39, 0.29) is 0 Å². The van der Waals surface area contributed by atoms with Crippen LogP contribution in [0.3, 0.4) is 0 Å². The number of piperazine rings is 1. The normalized spacial score (nSPS) is 15.9. The topological polar surface area (TPSA) is 82.9 Å². The van der Waals surface area contributed by atoms with E-state index in [2.05, 4.69) is 30.6 Å². The molecule has 7 heteroatoms. The number of anilines is 1. The largest absolute Gasteiger partial charge is 0.324 e. The third kappa shape index (κ3) is 1.92. The molecule has 1 aliphatic heterocycles. The number of fused-ring (bicyclic) bond motifs is 1. The molecule has 102 valence electrons. The van der Waals surface area contributed by atoms with E-state index in [0.717, 1.165) is 42.6 Å². The molecule has 1 aliphatic rings. The summed E-state index contributed by atoms with van der Waals surface area (Å²) in [6, 6.07) is 6.54. The van der Waals surface area contributed by atoms with Crippen molar-refractivity contribution in [2.24, 2.45) is 0 Å². The number of aromatic amines is 1. The molecule has 0 saturated carbocycles. The second-order valence-electron chi connectivity index (χ2n) is 4.81. The highest BCUT2D eigenvalue weighted by Crippen LogP contribution is 2.23. The summed E-state index contributed by atoms with van der Waals surface area (Å²) >= 11 is 0. The van der Waals surface area contributed by atoms with Crippen LogP contribution in [-0.4, -0.2) is 46.5 Å². The molecule has 2 aromatic heterocycles. The summed E-state index contributed by atoms with van der Waals surface area (Å²) in [5.41, 5.74) is 1.89. The minimum Gasteiger partial charge on any atom is -0.322 e. The van der Waals surface area contributed by atoms with Crippen molar-refractivity contribution in [3.05, 3.63) is 24.4 Å². The predicted molar refractivity (Wildman–Crippen MR) is 74.5 cm³/mol. The number of nitrogens with one attached hydrogen (secondary N) is 2. The summed E-state index contributed by atoms with van der Waals surface area (Å²) in [7, 11) is 0. The van der Waals surface area contributed by atoms with Crippen LogP contribution in [0.4, 0.5) is 6.01 Å². The van der Waals surface area contributed by atoms with Crippen LogP contribution in [0.5, 0.6) is 0 Å². The Morgan fingerprint density at radius 3 is 3.00 bits per heavy atom. The van der Waals surface area contributed by atoms with Crippen molar-refractivity contribution in [3.8, 4) is 11.4 Å². The standard InChI is InChI=1S/C13H14N6O/c1-2-10-8-15-17-11(10)7-9(1)12-16-13(20-18-12)19-5-3-14-4-6-19/h1-2,7-8,14H,3-6H2,(H,15,17). The van der Waals surface area contributed by atoms with E-state index in [4.69, 9.17) is 4.52 Å². The van der Waals surface area contributed by atoms with Crippen LogP contribution in [0.15, 0.2) is 28.9 Å². The first-order valence-electron chi connectivity index (χ1n) is 6.63. The molecule has 0 unspecified atom stereocenters. The highest BCUT2D eigenvalue weighted by molar-refractivity contribution is 5.82. The molecule has 0 aliphatic carbocycles. The van der Waals surface area contributed by atoms with Crippen molar-refractivity contribution in [2.75, 3.05) is 31.1 Å². The van der Waals surface area contributed by atoms with Gasteiger partial charge in [-0.1, -0.05) is 17.3 Å². The number of aromatic nitrogens is 4. The van der Waals surface area contributed by atoms with Gasteiger partial charge in [-0.05, 0) is 6.07 Å². The van der Waals surface area contributed by atoms with Gasteiger partial charge in [0.15, 0.2) is 0 Å². The molecular weight excluding hydrogens is 256 g/mol. The minimum atomic E-state index is 0.589. The van der Waals surface area contributed by atoms with Gasteiger partial charge in [-0.25, -0.2) is 0 Å². The molecule has 4 rings (SSSR count). The molecule has 3 heterocycles. The first-order chi connectivity index (χ1) is 9.90. The van der Waals surface area contributed by atoms with Crippen molar-refractivity contribution in [3.63, 3.8) is 0 Å². The van der Waals surface area contributed by atoms with Gasteiger partial charge in [-0.2, -0.15) is 10.1 Å². The maximum atomic E-state index is 5.36. The lowest BCUT2D eigenvalue weighted by atomic mass is 10.1. The Balaban J connectivity index is 1.66. The van der Waals surface area contributed by atoms with Crippen LogP contribution in [0.1, 0.15) is 0 Å². The molecule has 20 heavy (non-hydrogen) atoms. The molecule has 7 nitrogen and oxygen atoms in total. The monoisotopic (exact) mass is 270 g/mol. The molecule has 1 fully saturated rings. The number of hydrogen-bond acceptors (Lipinski definition) is 6. The molecule has 0 spiro atoms. The van der Waals surface area contributed by atoms with E-state index in [9.17, 15) is 0 Å². The Hall–Kier alpha value is -2.41. The fourth-order valence-corrected chi connectivity index (χ4v) is 2.39. The Morgan fingerprint density at radius 2 is 2.10 bits per heavy atom. The van der Waals surface area contributed by atoms with Crippen LogP contribution < -0.4 is 10.2 Å². The van der Waals surface area contributed by atoms with E-state index in [1.807, 2.05) is 18.2 Å². The van der Waals surface area contributed by atoms with Crippen LogP contribution in [0.2, 0.25) is 0 Å². The van der Waals surface area contributed by atoms with Gasteiger partial charge < -0.3 is 14.7 Å². The first-order valence-corrected chi connectivity index (χ1v) is 6.63. The molecule has 0 bridgehead atoms. The van der Waals surface area contributed by atoms with Crippen molar-refractivity contribution >= 4 is 16.9 Å². The summed E-state index contributed by atoms with van der Waals surface area (Å²) < 4.78 is 5.36. The van der Waals surface area contributed by atoms with Crippen molar-refractivity contribution in [2.45, 2.75) is 0 Å². The predicted octanol–water partition coefficient (Wildman–Crippen LogP) is 1.02. The van der Waals surface area contributed by atoms with Gasteiger partial charge in [0.2, 0.25) is 5.82 Å². The zero-order valence-electron chi connectivity index (χ0n) is 10.8. The van der Waals surface area contributed by atoms with Gasteiger partial charge in [0, 0.05) is 37.1 Å². The van der Waals surface area contributed by atoms with Gasteiger partial charge in [0.25, 0.3) is 0 Å². The summed E-state index contributed by atoms with van der Waals surface area (Å²) in [4.78, 5) is 6.58. The van der Waals surface area contributed by atoms with Gasteiger partial charge in [-0.15, -0.1) is 0 Å². The van der Waals surface area contributed by atoms with Crippen LogP contribution in [-0.2, 0) is 0 Å². The Kier molecular flexibility index (Phi) is 2.63. The van der Waals surface area contributed by atoms with Crippen molar-refractivity contribution in [1.29, 1.82) is 0 Å². The molecular formula is C13H14N6O. The fraction of sp³-hybridized carbons (Fsp3) is 0.308. The van der Waals surface area contributed by atoms with Gasteiger partial charge in [0.05, 0.1) is 11.7 Å². The quantitative estimate of drug-likeness (QED) is 0.723. The lowest BCUT2D eigenvalue weighted by molar-refractivity contribution is 0.405. The smallest absolute Gasteiger partial charge is 0.322 e. The van der Waals surface area contributed by atoms with E-state index in [1.54, 1.807) is 6.20 Å². The fourth-order valence-electron chi connectivity index (χ4n) is 2.39. The number of benzene rings is 1. The highest BCUT2D eigenvalue weighted by atomic mass is 16.5.